The largest absolute Gasteiger partial charge is 0.311 e. The topological polar surface area (TPSA) is 46.0 Å². The summed E-state index contributed by atoms with van der Waals surface area (Å²) in [6, 6.07) is 0. The number of likely N-dealkylation sites (tertiary alicyclic amines) is 1. The molecule has 0 amide bonds. The first kappa shape index (κ1) is 14.5. The van der Waals surface area contributed by atoms with Crippen molar-refractivity contribution in [3.8, 4) is 0 Å². The summed E-state index contributed by atoms with van der Waals surface area (Å²) in [5.74, 6) is 0.814. The smallest absolute Gasteiger partial charge is 0.0965 e. The molecule has 0 unspecified atom stereocenters. The monoisotopic (exact) mass is 265 g/mol. The van der Waals surface area contributed by atoms with Crippen molar-refractivity contribution in [3.63, 3.8) is 0 Å². The Kier molecular flexibility index (Phi) is 4.58. The zero-order valence-corrected chi connectivity index (χ0v) is 12.7. The zero-order valence-electron chi connectivity index (χ0n) is 12.7. The van der Waals surface area contributed by atoms with E-state index in [4.69, 9.17) is 0 Å². The fourth-order valence-electron chi connectivity index (χ4n) is 2.38. The summed E-state index contributed by atoms with van der Waals surface area (Å²) in [6.45, 7) is 10.8. The first-order valence-corrected chi connectivity index (χ1v) is 7.26. The summed E-state index contributed by atoms with van der Waals surface area (Å²) >= 11 is 0. The lowest BCUT2D eigenvalue weighted by molar-refractivity contribution is 0.216. The molecular formula is C14H27N5. The molecule has 1 saturated heterocycles. The minimum absolute atomic E-state index is 0.0131. The fourth-order valence-corrected chi connectivity index (χ4v) is 2.38. The molecule has 1 aromatic rings. The van der Waals surface area contributed by atoms with Crippen LogP contribution in [0.3, 0.4) is 0 Å². The lowest BCUT2D eigenvalue weighted by Gasteiger charge is -2.28. The molecule has 0 bridgehead atoms. The molecule has 0 spiro atoms. The van der Waals surface area contributed by atoms with Gasteiger partial charge in [-0.2, -0.15) is 0 Å². The minimum Gasteiger partial charge on any atom is -0.311 e. The predicted molar refractivity (Wildman–Crippen MR) is 76.9 cm³/mol. The van der Waals surface area contributed by atoms with Gasteiger partial charge in [0.2, 0.25) is 0 Å². The summed E-state index contributed by atoms with van der Waals surface area (Å²) in [7, 11) is 2.20. The summed E-state index contributed by atoms with van der Waals surface area (Å²) in [4.78, 5) is 2.41. The third kappa shape index (κ3) is 4.28. The Morgan fingerprint density at radius 3 is 2.58 bits per heavy atom. The van der Waals surface area contributed by atoms with Gasteiger partial charge in [-0.05, 0) is 66.2 Å². The normalized spacial score (nSPS) is 18.9. The van der Waals surface area contributed by atoms with Crippen molar-refractivity contribution < 1.29 is 0 Å². The Morgan fingerprint density at radius 1 is 1.32 bits per heavy atom. The maximum absolute atomic E-state index is 4.22. The highest BCUT2D eigenvalue weighted by Crippen LogP contribution is 2.15. The lowest BCUT2D eigenvalue weighted by atomic mass is 9.97. The van der Waals surface area contributed by atoms with Crippen LogP contribution in [0.5, 0.6) is 0 Å². The highest BCUT2D eigenvalue weighted by atomic mass is 15.4. The second-order valence-electron chi connectivity index (χ2n) is 6.70. The van der Waals surface area contributed by atoms with Crippen molar-refractivity contribution in [2.45, 2.75) is 45.7 Å². The van der Waals surface area contributed by atoms with Crippen molar-refractivity contribution in [2.24, 2.45) is 5.92 Å². The molecule has 1 fully saturated rings. The number of nitrogens with zero attached hydrogens (tertiary/aromatic N) is 4. The molecule has 1 aromatic heterocycles. The highest BCUT2D eigenvalue weighted by Gasteiger charge is 2.17. The molecule has 0 atom stereocenters. The van der Waals surface area contributed by atoms with E-state index in [1.807, 2.05) is 10.9 Å². The van der Waals surface area contributed by atoms with Crippen LogP contribution in [0.15, 0.2) is 6.20 Å². The SMILES string of the molecule is CN1CCC(CNCc2cn(C(C)(C)C)nn2)CC1. The van der Waals surface area contributed by atoms with E-state index in [1.54, 1.807) is 0 Å². The zero-order chi connectivity index (χ0) is 13.9. The molecular weight excluding hydrogens is 238 g/mol. The van der Waals surface area contributed by atoms with Gasteiger partial charge in [0.25, 0.3) is 0 Å². The summed E-state index contributed by atoms with van der Waals surface area (Å²) in [6.07, 6.45) is 4.65. The Bertz CT molecular complexity index is 385. The van der Waals surface area contributed by atoms with Gasteiger partial charge in [0.15, 0.2) is 0 Å². The Labute approximate surface area is 116 Å². The van der Waals surface area contributed by atoms with Crippen LogP contribution in [0, 0.1) is 5.92 Å². The van der Waals surface area contributed by atoms with Gasteiger partial charge in [0.05, 0.1) is 17.4 Å². The molecule has 19 heavy (non-hydrogen) atoms. The molecule has 5 nitrogen and oxygen atoms in total. The van der Waals surface area contributed by atoms with E-state index < -0.39 is 0 Å². The van der Waals surface area contributed by atoms with Gasteiger partial charge in [-0.3, -0.25) is 0 Å². The minimum atomic E-state index is 0.0131. The van der Waals surface area contributed by atoms with Gasteiger partial charge < -0.3 is 10.2 Å². The average molecular weight is 265 g/mol. The van der Waals surface area contributed by atoms with Gasteiger partial charge in [0, 0.05) is 6.54 Å². The van der Waals surface area contributed by atoms with Crippen LogP contribution in [-0.4, -0.2) is 46.6 Å². The van der Waals surface area contributed by atoms with Gasteiger partial charge in [-0.25, -0.2) is 4.68 Å². The van der Waals surface area contributed by atoms with E-state index in [2.05, 4.69) is 48.3 Å². The maximum atomic E-state index is 4.22. The summed E-state index contributed by atoms with van der Waals surface area (Å²) < 4.78 is 1.93. The molecule has 1 aliphatic rings. The molecule has 1 N–H and O–H groups in total. The van der Waals surface area contributed by atoms with Crippen molar-refractivity contribution in [1.82, 2.24) is 25.2 Å². The Balaban J connectivity index is 1.72. The van der Waals surface area contributed by atoms with Crippen LogP contribution >= 0.6 is 0 Å². The first-order valence-electron chi connectivity index (χ1n) is 7.26. The second kappa shape index (κ2) is 6.01. The fraction of sp³-hybridized carbons (Fsp3) is 0.857. The molecule has 1 aliphatic heterocycles. The molecule has 0 aromatic carbocycles. The van der Waals surface area contributed by atoms with Crippen LogP contribution in [-0.2, 0) is 12.1 Å². The molecule has 0 radical (unpaired) electrons. The quantitative estimate of drug-likeness (QED) is 0.895. The average Bonchev–Trinajstić information content (AvgIpc) is 2.80. The Morgan fingerprint density at radius 2 is 2.00 bits per heavy atom. The van der Waals surface area contributed by atoms with Crippen molar-refractivity contribution in [3.05, 3.63) is 11.9 Å². The molecule has 5 heteroatoms. The number of nitrogens with one attached hydrogen (secondary N) is 1. The summed E-state index contributed by atoms with van der Waals surface area (Å²) in [5, 5.41) is 11.9. The number of aromatic nitrogens is 3. The van der Waals surface area contributed by atoms with E-state index in [0.717, 1.165) is 24.7 Å². The van der Waals surface area contributed by atoms with Crippen LogP contribution in [0.4, 0.5) is 0 Å². The number of hydrogen-bond donors (Lipinski definition) is 1. The number of hydrogen-bond acceptors (Lipinski definition) is 4. The highest BCUT2D eigenvalue weighted by molar-refractivity contribution is 4.94. The standard InChI is InChI=1S/C14H27N5/c1-14(2,3)19-11-13(16-17-19)10-15-9-12-5-7-18(4)8-6-12/h11-12,15H,5-10H2,1-4H3. The summed E-state index contributed by atoms with van der Waals surface area (Å²) in [5.41, 5.74) is 1.04. The van der Waals surface area contributed by atoms with Crippen LogP contribution in [0.2, 0.25) is 0 Å². The predicted octanol–water partition coefficient (Wildman–Crippen LogP) is 1.46. The third-order valence-electron chi connectivity index (χ3n) is 3.81. The molecule has 0 aliphatic carbocycles. The second-order valence-corrected chi connectivity index (χ2v) is 6.70. The first-order chi connectivity index (χ1) is 8.95. The van der Waals surface area contributed by atoms with E-state index >= 15 is 0 Å². The van der Waals surface area contributed by atoms with E-state index in [0.29, 0.717) is 0 Å². The van der Waals surface area contributed by atoms with Gasteiger partial charge in [0.1, 0.15) is 0 Å². The molecule has 108 valence electrons. The van der Waals surface area contributed by atoms with Gasteiger partial charge in [-0.1, -0.05) is 5.21 Å². The number of rotatable bonds is 4. The number of piperidine rings is 1. The van der Waals surface area contributed by atoms with Crippen LogP contribution < -0.4 is 5.32 Å². The van der Waals surface area contributed by atoms with E-state index in [9.17, 15) is 0 Å². The molecule has 0 saturated carbocycles. The molecule has 2 rings (SSSR count). The van der Waals surface area contributed by atoms with Gasteiger partial charge >= 0.3 is 0 Å². The maximum Gasteiger partial charge on any atom is 0.0965 e. The van der Waals surface area contributed by atoms with Crippen LogP contribution in [0.1, 0.15) is 39.3 Å². The van der Waals surface area contributed by atoms with Crippen molar-refractivity contribution in [2.75, 3.05) is 26.7 Å². The van der Waals surface area contributed by atoms with Crippen molar-refractivity contribution in [1.29, 1.82) is 0 Å². The van der Waals surface area contributed by atoms with Gasteiger partial charge in [-0.15, -0.1) is 5.10 Å². The van der Waals surface area contributed by atoms with Crippen molar-refractivity contribution >= 4 is 0 Å². The Hall–Kier alpha value is -0.940. The van der Waals surface area contributed by atoms with E-state index in [-0.39, 0.29) is 5.54 Å². The lowest BCUT2D eigenvalue weighted by Crippen LogP contribution is -2.34. The third-order valence-corrected chi connectivity index (χ3v) is 3.81. The van der Waals surface area contributed by atoms with E-state index in [1.165, 1.54) is 25.9 Å². The van der Waals surface area contributed by atoms with Crippen LogP contribution in [0.25, 0.3) is 0 Å². The molecule has 2 heterocycles.